The number of hydrogen-bond donors (Lipinski definition) is 1. The zero-order chi connectivity index (χ0) is 22.0. The third kappa shape index (κ3) is 4.50. The Kier molecular flexibility index (Phi) is 5.85. The molecule has 0 saturated carbocycles. The fourth-order valence-electron chi connectivity index (χ4n) is 4.03. The second-order valence-corrected chi connectivity index (χ2v) is 7.91. The van der Waals surface area contributed by atoms with Gasteiger partial charge in [-0.25, -0.2) is 4.68 Å². The molecule has 1 aliphatic rings. The summed E-state index contributed by atoms with van der Waals surface area (Å²) in [5, 5.41) is 6.84. The van der Waals surface area contributed by atoms with Gasteiger partial charge in [0, 0.05) is 17.8 Å². The van der Waals surface area contributed by atoms with E-state index in [9.17, 15) is 18.0 Å². The molecule has 162 valence electrons. The molecular formula is C24H24F3N3O. The highest BCUT2D eigenvalue weighted by atomic mass is 19.4. The van der Waals surface area contributed by atoms with Crippen LogP contribution in [-0.4, -0.2) is 15.7 Å². The average molecular weight is 427 g/mol. The second kappa shape index (κ2) is 8.57. The van der Waals surface area contributed by atoms with Crippen molar-refractivity contribution in [1.29, 1.82) is 0 Å². The van der Waals surface area contributed by atoms with Gasteiger partial charge in [-0.3, -0.25) is 4.79 Å². The Labute approximate surface area is 179 Å². The number of fused-ring (bicyclic) bond motifs is 1. The van der Waals surface area contributed by atoms with Gasteiger partial charge in [0.15, 0.2) is 5.69 Å². The van der Waals surface area contributed by atoms with Crippen molar-refractivity contribution in [3.8, 4) is 5.69 Å². The standard InChI is InChI=1S/C24H24F3N3O/c1-16(18-7-3-2-4-8-18)23(31)28-15-17-11-13-19(14-12-17)30-21-10-6-5-9-20(21)22(29-30)24(25,26)27/h2-4,7-8,11-14,16H,5-6,9-10,15H2,1H3,(H,28,31). The summed E-state index contributed by atoms with van der Waals surface area (Å²) in [4.78, 5) is 12.4. The molecule has 0 radical (unpaired) electrons. The Morgan fingerprint density at radius 3 is 2.42 bits per heavy atom. The summed E-state index contributed by atoms with van der Waals surface area (Å²) < 4.78 is 41.7. The predicted octanol–water partition coefficient (Wildman–Crippen LogP) is 5.19. The fourth-order valence-corrected chi connectivity index (χ4v) is 4.03. The van der Waals surface area contributed by atoms with Crippen LogP contribution < -0.4 is 5.32 Å². The number of amides is 1. The molecule has 0 aliphatic heterocycles. The summed E-state index contributed by atoms with van der Waals surface area (Å²) in [7, 11) is 0. The lowest BCUT2D eigenvalue weighted by molar-refractivity contribution is -0.142. The largest absolute Gasteiger partial charge is 0.435 e. The van der Waals surface area contributed by atoms with Crippen molar-refractivity contribution in [1.82, 2.24) is 15.1 Å². The van der Waals surface area contributed by atoms with E-state index >= 15 is 0 Å². The van der Waals surface area contributed by atoms with Gasteiger partial charge in [-0.2, -0.15) is 18.3 Å². The van der Waals surface area contributed by atoms with Gasteiger partial charge in [0.25, 0.3) is 0 Å². The van der Waals surface area contributed by atoms with Crippen molar-refractivity contribution >= 4 is 5.91 Å². The number of nitrogens with one attached hydrogen (secondary N) is 1. The minimum atomic E-state index is -4.45. The molecule has 1 atom stereocenters. The van der Waals surface area contributed by atoms with Crippen molar-refractivity contribution in [3.05, 3.63) is 82.7 Å². The SMILES string of the molecule is CC(C(=O)NCc1ccc(-n2nc(C(F)(F)F)c3c2CCCC3)cc1)c1ccccc1. The number of benzene rings is 2. The van der Waals surface area contributed by atoms with Crippen LogP contribution in [0.1, 0.15) is 53.8 Å². The molecule has 4 rings (SSSR count). The number of aromatic nitrogens is 2. The molecule has 0 bridgehead atoms. The molecular weight excluding hydrogens is 403 g/mol. The van der Waals surface area contributed by atoms with Crippen LogP contribution in [0.3, 0.4) is 0 Å². The maximum atomic E-state index is 13.4. The topological polar surface area (TPSA) is 46.9 Å². The first-order valence-electron chi connectivity index (χ1n) is 10.4. The maximum Gasteiger partial charge on any atom is 0.435 e. The van der Waals surface area contributed by atoms with E-state index in [0.717, 1.165) is 24.0 Å². The number of alkyl halides is 3. The molecule has 0 saturated heterocycles. The molecule has 0 spiro atoms. The molecule has 1 heterocycles. The molecule has 2 aromatic carbocycles. The Morgan fingerprint density at radius 2 is 1.74 bits per heavy atom. The van der Waals surface area contributed by atoms with E-state index in [-0.39, 0.29) is 11.8 Å². The lowest BCUT2D eigenvalue weighted by Crippen LogP contribution is -2.27. The maximum absolute atomic E-state index is 13.4. The molecule has 31 heavy (non-hydrogen) atoms. The number of carbonyl (C=O) groups is 1. The quantitative estimate of drug-likeness (QED) is 0.609. The molecule has 1 amide bonds. The summed E-state index contributed by atoms with van der Waals surface area (Å²) >= 11 is 0. The monoisotopic (exact) mass is 427 g/mol. The predicted molar refractivity (Wildman–Crippen MR) is 112 cm³/mol. The van der Waals surface area contributed by atoms with E-state index in [1.807, 2.05) is 49.4 Å². The number of hydrogen-bond acceptors (Lipinski definition) is 2. The zero-order valence-electron chi connectivity index (χ0n) is 17.2. The van der Waals surface area contributed by atoms with E-state index in [1.54, 1.807) is 12.1 Å². The van der Waals surface area contributed by atoms with Gasteiger partial charge in [0.1, 0.15) is 0 Å². The highest BCUT2D eigenvalue weighted by Gasteiger charge is 2.39. The average Bonchev–Trinajstić information content (AvgIpc) is 3.18. The van der Waals surface area contributed by atoms with Crippen LogP contribution in [0, 0.1) is 0 Å². The van der Waals surface area contributed by atoms with Crippen LogP contribution in [0.5, 0.6) is 0 Å². The third-order valence-electron chi connectivity index (χ3n) is 5.79. The smallest absolute Gasteiger partial charge is 0.352 e. The number of rotatable bonds is 5. The highest BCUT2D eigenvalue weighted by Crippen LogP contribution is 2.36. The minimum Gasteiger partial charge on any atom is -0.352 e. The van der Waals surface area contributed by atoms with Crippen LogP contribution in [0.2, 0.25) is 0 Å². The Balaban J connectivity index is 1.48. The Bertz CT molecular complexity index is 1060. The summed E-state index contributed by atoms with van der Waals surface area (Å²) in [5.74, 6) is -0.344. The van der Waals surface area contributed by atoms with Crippen molar-refractivity contribution in [3.63, 3.8) is 0 Å². The fraction of sp³-hybridized carbons (Fsp3) is 0.333. The molecule has 4 nitrogen and oxygen atoms in total. The minimum absolute atomic E-state index is 0.0776. The van der Waals surface area contributed by atoms with Crippen molar-refractivity contribution in [2.45, 2.75) is 51.2 Å². The normalized spacial score (nSPS) is 14.7. The molecule has 0 fully saturated rings. The van der Waals surface area contributed by atoms with Crippen molar-refractivity contribution < 1.29 is 18.0 Å². The van der Waals surface area contributed by atoms with Gasteiger partial charge < -0.3 is 5.32 Å². The number of halogens is 3. The summed E-state index contributed by atoms with van der Waals surface area (Å²) in [6.07, 6.45) is -1.84. The number of nitrogens with zero attached hydrogens (tertiary/aromatic N) is 2. The zero-order valence-corrected chi connectivity index (χ0v) is 17.2. The molecule has 1 aromatic heterocycles. The van der Waals surface area contributed by atoms with Gasteiger partial charge >= 0.3 is 6.18 Å². The third-order valence-corrected chi connectivity index (χ3v) is 5.79. The van der Waals surface area contributed by atoms with Crippen molar-refractivity contribution in [2.75, 3.05) is 0 Å². The van der Waals surface area contributed by atoms with Gasteiger partial charge in [0.05, 0.1) is 11.6 Å². The van der Waals surface area contributed by atoms with Crippen LogP contribution in [-0.2, 0) is 30.4 Å². The van der Waals surface area contributed by atoms with E-state index in [2.05, 4.69) is 10.4 Å². The van der Waals surface area contributed by atoms with Gasteiger partial charge in [-0.05, 0) is 55.9 Å². The molecule has 1 unspecified atom stereocenters. The van der Waals surface area contributed by atoms with Crippen LogP contribution in [0.4, 0.5) is 13.2 Å². The van der Waals surface area contributed by atoms with Crippen molar-refractivity contribution in [2.24, 2.45) is 0 Å². The van der Waals surface area contributed by atoms with Crippen LogP contribution in [0.25, 0.3) is 5.69 Å². The summed E-state index contributed by atoms with van der Waals surface area (Å²) in [6.45, 7) is 2.20. The second-order valence-electron chi connectivity index (χ2n) is 7.91. The molecule has 1 aliphatic carbocycles. The Hall–Kier alpha value is -3.09. The van der Waals surface area contributed by atoms with Gasteiger partial charge in [-0.1, -0.05) is 42.5 Å². The van der Waals surface area contributed by atoms with Gasteiger partial charge in [-0.15, -0.1) is 0 Å². The Morgan fingerprint density at radius 1 is 1.06 bits per heavy atom. The summed E-state index contributed by atoms with van der Waals surface area (Å²) in [5.41, 5.74) is 2.62. The van der Waals surface area contributed by atoms with E-state index in [1.165, 1.54) is 4.68 Å². The van der Waals surface area contributed by atoms with E-state index in [0.29, 0.717) is 36.3 Å². The van der Waals surface area contributed by atoms with Gasteiger partial charge in [0.2, 0.25) is 5.91 Å². The number of carbonyl (C=O) groups excluding carboxylic acids is 1. The lowest BCUT2D eigenvalue weighted by atomic mass is 9.95. The lowest BCUT2D eigenvalue weighted by Gasteiger charge is -2.15. The molecule has 7 heteroatoms. The first-order valence-corrected chi connectivity index (χ1v) is 10.4. The summed E-state index contributed by atoms with van der Waals surface area (Å²) in [6, 6.07) is 16.7. The van der Waals surface area contributed by atoms with E-state index < -0.39 is 11.9 Å². The molecule has 3 aromatic rings. The van der Waals surface area contributed by atoms with Crippen LogP contribution >= 0.6 is 0 Å². The van der Waals surface area contributed by atoms with Crippen LogP contribution in [0.15, 0.2) is 54.6 Å². The highest BCUT2D eigenvalue weighted by molar-refractivity contribution is 5.83. The first kappa shape index (κ1) is 21.2. The first-order chi connectivity index (χ1) is 14.8. The van der Waals surface area contributed by atoms with E-state index in [4.69, 9.17) is 0 Å². The molecule has 1 N–H and O–H groups in total.